The molecule has 2 aliphatic carbocycles. The van der Waals surface area contributed by atoms with E-state index in [9.17, 15) is 9.90 Å². The number of carbonyl (C=O) groups is 1. The Labute approximate surface area is 171 Å². The Bertz CT molecular complexity index is 952. The van der Waals surface area contributed by atoms with E-state index in [1.54, 1.807) is 0 Å². The minimum atomic E-state index is -1.72. The molecule has 2 aromatic carbocycles. The second-order valence-electron chi connectivity index (χ2n) is 9.45. The molecule has 2 bridgehead atoms. The zero-order valence-corrected chi connectivity index (χ0v) is 16.8. The summed E-state index contributed by atoms with van der Waals surface area (Å²) in [6.07, 6.45) is 6.65. The number of benzene rings is 2. The van der Waals surface area contributed by atoms with Crippen LogP contribution in [-0.4, -0.2) is 40.7 Å². The number of nitrogens with zero attached hydrogens (tertiary/aromatic N) is 1. The molecular weight excluding hydrogens is 362 g/mol. The molecule has 0 aromatic heterocycles. The number of fused-ring (bicyclic) bond motifs is 5. The number of ether oxygens (including phenoxy) is 1. The molecule has 2 heterocycles. The summed E-state index contributed by atoms with van der Waals surface area (Å²) in [6, 6.07) is 15.8. The molecule has 29 heavy (non-hydrogen) atoms. The average Bonchev–Trinajstić information content (AvgIpc) is 3.53. The normalized spacial score (nSPS) is 31.9. The molecule has 2 aromatic rings. The molecule has 4 heteroatoms. The molecule has 3 fully saturated rings. The SMILES string of the molecule is CN1C2CCC1(C1CC1)CC(OC(=O)C1(O)c3ccccc3-c3ccccc31)C2. The van der Waals surface area contributed by atoms with Crippen LogP contribution in [0.15, 0.2) is 48.5 Å². The third-order valence-electron chi connectivity index (χ3n) is 8.11. The first-order valence-electron chi connectivity index (χ1n) is 10.9. The van der Waals surface area contributed by atoms with Gasteiger partial charge in [0.05, 0.1) is 0 Å². The van der Waals surface area contributed by atoms with E-state index in [1.165, 1.54) is 25.7 Å². The summed E-state index contributed by atoms with van der Waals surface area (Å²) >= 11 is 0. The molecular formula is C25H27NO3. The minimum Gasteiger partial charge on any atom is -0.460 e. The van der Waals surface area contributed by atoms with E-state index in [-0.39, 0.29) is 11.6 Å². The quantitative estimate of drug-likeness (QED) is 0.810. The molecule has 3 atom stereocenters. The summed E-state index contributed by atoms with van der Waals surface area (Å²) in [5.41, 5.74) is 1.59. The summed E-state index contributed by atoms with van der Waals surface area (Å²) in [5.74, 6) is 0.227. The maximum absolute atomic E-state index is 13.5. The van der Waals surface area contributed by atoms with Crippen LogP contribution in [0.3, 0.4) is 0 Å². The zero-order chi connectivity index (χ0) is 19.8. The van der Waals surface area contributed by atoms with Gasteiger partial charge < -0.3 is 9.84 Å². The first-order valence-corrected chi connectivity index (χ1v) is 10.9. The van der Waals surface area contributed by atoms with E-state index in [0.717, 1.165) is 29.9 Å². The summed E-state index contributed by atoms with van der Waals surface area (Å²) in [6.45, 7) is 0. The molecule has 3 unspecified atom stereocenters. The van der Waals surface area contributed by atoms with E-state index in [1.807, 2.05) is 48.5 Å². The highest BCUT2D eigenvalue weighted by Crippen LogP contribution is 2.56. The fourth-order valence-corrected chi connectivity index (χ4v) is 6.49. The molecule has 2 aliphatic heterocycles. The number of aliphatic hydroxyl groups is 1. The average molecular weight is 389 g/mol. The maximum Gasteiger partial charge on any atom is 0.348 e. The molecule has 0 radical (unpaired) electrons. The van der Waals surface area contributed by atoms with Crippen molar-refractivity contribution in [2.75, 3.05) is 7.05 Å². The monoisotopic (exact) mass is 389 g/mol. The van der Waals surface area contributed by atoms with Gasteiger partial charge in [0.25, 0.3) is 0 Å². The number of piperidine rings is 1. The third kappa shape index (κ3) is 2.30. The third-order valence-corrected chi connectivity index (χ3v) is 8.11. The Kier molecular flexibility index (Phi) is 3.61. The molecule has 4 aliphatic rings. The fourth-order valence-electron chi connectivity index (χ4n) is 6.49. The van der Waals surface area contributed by atoms with Crippen molar-refractivity contribution >= 4 is 5.97 Å². The first kappa shape index (κ1) is 17.7. The Balaban J connectivity index is 1.33. The lowest BCUT2D eigenvalue weighted by Gasteiger charge is -2.46. The Hall–Kier alpha value is -2.17. The minimum absolute atomic E-state index is 0.115. The summed E-state index contributed by atoms with van der Waals surface area (Å²) in [4.78, 5) is 16.1. The lowest BCUT2D eigenvalue weighted by molar-refractivity contribution is -0.173. The van der Waals surface area contributed by atoms with E-state index < -0.39 is 11.6 Å². The van der Waals surface area contributed by atoms with Crippen LogP contribution < -0.4 is 0 Å². The van der Waals surface area contributed by atoms with Crippen LogP contribution in [0.25, 0.3) is 11.1 Å². The topological polar surface area (TPSA) is 49.8 Å². The maximum atomic E-state index is 13.5. The van der Waals surface area contributed by atoms with Crippen LogP contribution in [0.1, 0.15) is 49.7 Å². The van der Waals surface area contributed by atoms with Crippen LogP contribution in [0, 0.1) is 5.92 Å². The van der Waals surface area contributed by atoms with Crippen LogP contribution in [-0.2, 0) is 15.1 Å². The number of esters is 1. The van der Waals surface area contributed by atoms with Crippen molar-refractivity contribution in [2.24, 2.45) is 5.92 Å². The fraction of sp³-hybridized carbons (Fsp3) is 0.480. The predicted octanol–water partition coefficient (Wildman–Crippen LogP) is 3.85. The van der Waals surface area contributed by atoms with Crippen molar-refractivity contribution in [1.29, 1.82) is 0 Å². The number of rotatable bonds is 3. The van der Waals surface area contributed by atoms with Crippen molar-refractivity contribution in [3.05, 3.63) is 59.7 Å². The van der Waals surface area contributed by atoms with Gasteiger partial charge in [-0.2, -0.15) is 0 Å². The number of hydrogen-bond acceptors (Lipinski definition) is 4. The number of hydrogen-bond donors (Lipinski definition) is 1. The Morgan fingerprint density at radius 3 is 2.28 bits per heavy atom. The lowest BCUT2D eigenvalue weighted by atomic mass is 9.82. The molecule has 1 saturated carbocycles. The van der Waals surface area contributed by atoms with Gasteiger partial charge in [-0.05, 0) is 49.8 Å². The van der Waals surface area contributed by atoms with Gasteiger partial charge >= 0.3 is 5.97 Å². The molecule has 2 saturated heterocycles. The zero-order valence-electron chi connectivity index (χ0n) is 16.8. The van der Waals surface area contributed by atoms with Crippen LogP contribution in [0.2, 0.25) is 0 Å². The van der Waals surface area contributed by atoms with Gasteiger partial charge in [-0.25, -0.2) is 4.79 Å². The molecule has 150 valence electrons. The van der Waals surface area contributed by atoms with E-state index in [4.69, 9.17) is 4.74 Å². The van der Waals surface area contributed by atoms with Gasteiger partial charge in [-0.3, -0.25) is 4.90 Å². The van der Waals surface area contributed by atoms with Gasteiger partial charge in [0.1, 0.15) is 6.10 Å². The molecule has 0 spiro atoms. The summed E-state index contributed by atoms with van der Waals surface area (Å²) in [5, 5.41) is 11.7. The summed E-state index contributed by atoms with van der Waals surface area (Å²) < 4.78 is 6.11. The van der Waals surface area contributed by atoms with Crippen LogP contribution in [0.4, 0.5) is 0 Å². The smallest absolute Gasteiger partial charge is 0.348 e. The predicted molar refractivity (Wildman–Crippen MR) is 110 cm³/mol. The molecule has 1 N–H and O–H groups in total. The second kappa shape index (κ2) is 5.93. The highest BCUT2D eigenvalue weighted by molar-refractivity contribution is 5.96. The van der Waals surface area contributed by atoms with E-state index in [0.29, 0.717) is 17.2 Å². The van der Waals surface area contributed by atoms with Gasteiger partial charge in [-0.15, -0.1) is 0 Å². The van der Waals surface area contributed by atoms with E-state index in [2.05, 4.69) is 11.9 Å². The van der Waals surface area contributed by atoms with Crippen molar-refractivity contribution in [3.8, 4) is 11.1 Å². The molecule has 6 rings (SSSR count). The van der Waals surface area contributed by atoms with Crippen LogP contribution in [0.5, 0.6) is 0 Å². The van der Waals surface area contributed by atoms with Gasteiger partial charge in [0.2, 0.25) is 5.60 Å². The molecule has 4 nitrogen and oxygen atoms in total. The first-order chi connectivity index (χ1) is 14.0. The van der Waals surface area contributed by atoms with E-state index >= 15 is 0 Å². The second-order valence-corrected chi connectivity index (χ2v) is 9.45. The highest BCUT2D eigenvalue weighted by Gasteiger charge is 2.58. The van der Waals surface area contributed by atoms with Crippen molar-refractivity contribution in [3.63, 3.8) is 0 Å². The van der Waals surface area contributed by atoms with Crippen LogP contribution >= 0.6 is 0 Å². The number of carbonyl (C=O) groups excluding carboxylic acids is 1. The largest absolute Gasteiger partial charge is 0.460 e. The molecule has 0 amide bonds. The van der Waals surface area contributed by atoms with Gasteiger partial charge in [0, 0.05) is 35.5 Å². The Morgan fingerprint density at radius 1 is 1.03 bits per heavy atom. The standard InChI is InChI=1S/C25H27NO3/c1-26-17-12-13-24(26,16-10-11-16)15-18(14-17)29-23(27)25(28)21-8-4-2-6-19(21)20-7-3-5-9-22(20)25/h2-9,16-18,28H,10-15H2,1H3. The van der Waals surface area contributed by atoms with Crippen molar-refractivity contribution in [2.45, 2.75) is 61.8 Å². The summed E-state index contributed by atoms with van der Waals surface area (Å²) in [7, 11) is 2.25. The Morgan fingerprint density at radius 2 is 1.66 bits per heavy atom. The van der Waals surface area contributed by atoms with Crippen molar-refractivity contribution in [1.82, 2.24) is 4.90 Å². The van der Waals surface area contributed by atoms with Gasteiger partial charge in [0.15, 0.2) is 0 Å². The highest BCUT2D eigenvalue weighted by atomic mass is 16.6. The lowest BCUT2D eigenvalue weighted by Crippen LogP contribution is -2.54. The van der Waals surface area contributed by atoms with Crippen molar-refractivity contribution < 1.29 is 14.6 Å². The van der Waals surface area contributed by atoms with Gasteiger partial charge in [-0.1, -0.05) is 48.5 Å².